The van der Waals surface area contributed by atoms with Crippen LogP contribution in [-0.2, 0) is 0 Å². The fourth-order valence-corrected chi connectivity index (χ4v) is 2.17. The molecule has 2 aromatic rings. The van der Waals surface area contributed by atoms with Crippen molar-refractivity contribution in [1.29, 1.82) is 0 Å². The third-order valence-electron chi connectivity index (χ3n) is 2.48. The normalized spacial score (nSPS) is 12.1. The highest BCUT2D eigenvalue weighted by Crippen LogP contribution is 2.15. The van der Waals surface area contributed by atoms with E-state index in [4.69, 9.17) is 0 Å². The van der Waals surface area contributed by atoms with Crippen molar-refractivity contribution in [3.8, 4) is 0 Å². The molecule has 0 saturated carbocycles. The maximum Gasteiger partial charge on any atom is 0.252 e. The van der Waals surface area contributed by atoms with Gasteiger partial charge in [0.25, 0.3) is 5.91 Å². The van der Waals surface area contributed by atoms with Gasteiger partial charge in [0, 0.05) is 5.38 Å². The molecule has 1 aromatic heterocycles. The van der Waals surface area contributed by atoms with Crippen LogP contribution in [0, 0.1) is 5.82 Å². The molecule has 1 amide bonds. The van der Waals surface area contributed by atoms with Crippen molar-refractivity contribution < 1.29 is 9.18 Å². The van der Waals surface area contributed by atoms with Crippen molar-refractivity contribution in [3.05, 3.63) is 58.0 Å². The Kier molecular flexibility index (Phi) is 3.54. The molecule has 88 valence electrons. The van der Waals surface area contributed by atoms with Crippen LogP contribution in [0.4, 0.5) is 4.39 Å². The Balaban J connectivity index is 2.07. The molecule has 1 heterocycles. The Bertz CT molecular complexity index is 510. The van der Waals surface area contributed by atoms with Crippen molar-refractivity contribution >= 4 is 17.2 Å². The first-order valence-corrected chi connectivity index (χ1v) is 6.19. The van der Waals surface area contributed by atoms with Crippen LogP contribution in [0.2, 0.25) is 0 Å². The van der Waals surface area contributed by atoms with Gasteiger partial charge >= 0.3 is 0 Å². The molecule has 0 radical (unpaired) electrons. The summed E-state index contributed by atoms with van der Waals surface area (Å²) >= 11 is 1.47. The molecule has 4 heteroatoms. The summed E-state index contributed by atoms with van der Waals surface area (Å²) in [6.07, 6.45) is 0. The smallest absolute Gasteiger partial charge is 0.252 e. The number of rotatable bonds is 3. The van der Waals surface area contributed by atoms with Gasteiger partial charge < -0.3 is 5.32 Å². The molecule has 0 aliphatic heterocycles. The van der Waals surface area contributed by atoms with Crippen LogP contribution < -0.4 is 5.32 Å². The molecular weight excluding hydrogens is 237 g/mol. The summed E-state index contributed by atoms with van der Waals surface area (Å²) in [5, 5.41) is 6.46. The number of amides is 1. The second kappa shape index (κ2) is 5.10. The number of halogens is 1. The Labute approximate surface area is 103 Å². The second-order valence-electron chi connectivity index (χ2n) is 3.76. The Morgan fingerprint density at radius 1 is 1.41 bits per heavy atom. The summed E-state index contributed by atoms with van der Waals surface area (Å²) in [5.41, 5.74) is 1.40. The number of thiophene rings is 1. The number of hydrogen-bond donors (Lipinski definition) is 1. The molecule has 1 aromatic carbocycles. The maximum absolute atomic E-state index is 13.0. The Morgan fingerprint density at radius 2 is 2.24 bits per heavy atom. The minimum Gasteiger partial charge on any atom is -0.345 e. The highest BCUT2D eigenvalue weighted by Gasteiger charge is 2.11. The average molecular weight is 249 g/mol. The SMILES string of the molecule is CC(NC(=O)c1ccsc1)c1cccc(F)c1. The first kappa shape index (κ1) is 11.8. The van der Waals surface area contributed by atoms with E-state index in [1.807, 2.05) is 12.3 Å². The van der Waals surface area contributed by atoms with E-state index >= 15 is 0 Å². The monoisotopic (exact) mass is 249 g/mol. The van der Waals surface area contributed by atoms with E-state index < -0.39 is 0 Å². The lowest BCUT2D eigenvalue weighted by Gasteiger charge is -2.13. The lowest BCUT2D eigenvalue weighted by Crippen LogP contribution is -2.26. The number of carbonyl (C=O) groups excluding carboxylic acids is 1. The molecule has 2 nitrogen and oxygen atoms in total. The molecule has 0 fully saturated rings. The van der Waals surface area contributed by atoms with E-state index in [0.29, 0.717) is 5.56 Å². The fraction of sp³-hybridized carbons (Fsp3) is 0.154. The van der Waals surface area contributed by atoms with Gasteiger partial charge in [0.15, 0.2) is 0 Å². The minimum absolute atomic E-state index is 0.136. The molecule has 2 rings (SSSR count). The van der Waals surface area contributed by atoms with Crippen molar-refractivity contribution in [3.63, 3.8) is 0 Å². The van der Waals surface area contributed by atoms with E-state index in [1.165, 1.54) is 23.5 Å². The van der Waals surface area contributed by atoms with E-state index in [0.717, 1.165) is 5.56 Å². The van der Waals surface area contributed by atoms with Gasteiger partial charge in [-0.1, -0.05) is 12.1 Å². The van der Waals surface area contributed by atoms with Gasteiger partial charge in [-0.15, -0.1) is 0 Å². The lowest BCUT2D eigenvalue weighted by atomic mass is 10.1. The zero-order valence-corrected chi connectivity index (χ0v) is 10.1. The molecule has 0 saturated heterocycles. The van der Waals surface area contributed by atoms with Crippen LogP contribution in [0.25, 0.3) is 0 Å². The van der Waals surface area contributed by atoms with Crippen LogP contribution in [0.15, 0.2) is 41.1 Å². The van der Waals surface area contributed by atoms with Gasteiger partial charge in [0.1, 0.15) is 5.82 Å². The summed E-state index contributed by atoms with van der Waals surface area (Å²) in [4.78, 5) is 11.8. The number of hydrogen-bond acceptors (Lipinski definition) is 2. The first-order valence-electron chi connectivity index (χ1n) is 5.25. The zero-order valence-electron chi connectivity index (χ0n) is 9.31. The van der Waals surface area contributed by atoms with Crippen molar-refractivity contribution in [2.45, 2.75) is 13.0 Å². The van der Waals surface area contributed by atoms with Crippen LogP contribution in [0.1, 0.15) is 28.9 Å². The van der Waals surface area contributed by atoms with E-state index in [9.17, 15) is 9.18 Å². The standard InChI is InChI=1S/C13H12FNOS/c1-9(10-3-2-4-12(14)7-10)15-13(16)11-5-6-17-8-11/h2-9H,1H3,(H,15,16). The molecule has 1 unspecified atom stereocenters. The molecule has 1 atom stereocenters. The minimum atomic E-state index is -0.292. The molecular formula is C13H12FNOS. The molecule has 1 N–H and O–H groups in total. The third kappa shape index (κ3) is 2.91. The van der Waals surface area contributed by atoms with Gasteiger partial charge in [0.2, 0.25) is 0 Å². The number of nitrogens with one attached hydrogen (secondary N) is 1. The van der Waals surface area contributed by atoms with E-state index in [2.05, 4.69) is 5.32 Å². The van der Waals surface area contributed by atoms with Crippen LogP contribution in [0.3, 0.4) is 0 Å². The summed E-state index contributed by atoms with van der Waals surface area (Å²) in [7, 11) is 0. The summed E-state index contributed by atoms with van der Waals surface area (Å²) in [5.74, 6) is -0.429. The van der Waals surface area contributed by atoms with Crippen LogP contribution in [-0.4, -0.2) is 5.91 Å². The summed E-state index contributed by atoms with van der Waals surface area (Å²) < 4.78 is 13.0. The van der Waals surface area contributed by atoms with Gasteiger partial charge in [0.05, 0.1) is 11.6 Å². The van der Waals surface area contributed by atoms with Gasteiger partial charge in [-0.25, -0.2) is 4.39 Å². The fourth-order valence-electron chi connectivity index (χ4n) is 1.53. The Hall–Kier alpha value is -1.68. The highest BCUT2D eigenvalue weighted by atomic mass is 32.1. The van der Waals surface area contributed by atoms with Gasteiger partial charge in [-0.05, 0) is 36.1 Å². The van der Waals surface area contributed by atoms with Gasteiger partial charge in [-0.2, -0.15) is 11.3 Å². The highest BCUT2D eigenvalue weighted by molar-refractivity contribution is 7.08. The Morgan fingerprint density at radius 3 is 2.88 bits per heavy atom. The maximum atomic E-state index is 13.0. The molecule has 0 bridgehead atoms. The molecule has 0 aliphatic carbocycles. The molecule has 17 heavy (non-hydrogen) atoms. The average Bonchev–Trinajstić information content (AvgIpc) is 2.82. The van der Waals surface area contributed by atoms with Crippen LogP contribution in [0.5, 0.6) is 0 Å². The first-order chi connectivity index (χ1) is 8.16. The van der Waals surface area contributed by atoms with Crippen molar-refractivity contribution in [2.75, 3.05) is 0 Å². The summed E-state index contributed by atoms with van der Waals surface area (Å²) in [6.45, 7) is 1.83. The summed E-state index contributed by atoms with van der Waals surface area (Å²) in [6, 6.07) is 7.80. The van der Waals surface area contributed by atoms with Crippen LogP contribution >= 0.6 is 11.3 Å². The predicted octanol–water partition coefficient (Wildman–Crippen LogP) is 3.38. The lowest BCUT2D eigenvalue weighted by molar-refractivity contribution is 0.0940. The quantitative estimate of drug-likeness (QED) is 0.887. The van der Waals surface area contributed by atoms with E-state index in [-0.39, 0.29) is 17.8 Å². The third-order valence-corrected chi connectivity index (χ3v) is 3.16. The van der Waals surface area contributed by atoms with E-state index in [1.54, 1.807) is 23.6 Å². The number of benzene rings is 1. The number of carbonyl (C=O) groups is 1. The zero-order chi connectivity index (χ0) is 12.3. The topological polar surface area (TPSA) is 29.1 Å². The largest absolute Gasteiger partial charge is 0.345 e. The second-order valence-corrected chi connectivity index (χ2v) is 4.54. The molecule has 0 aliphatic rings. The van der Waals surface area contributed by atoms with Crippen molar-refractivity contribution in [2.24, 2.45) is 0 Å². The van der Waals surface area contributed by atoms with Crippen molar-refractivity contribution in [1.82, 2.24) is 5.32 Å². The molecule has 0 spiro atoms. The predicted molar refractivity (Wildman–Crippen MR) is 66.6 cm³/mol. The van der Waals surface area contributed by atoms with Gasteiger partial charge in [-0.3, -0.25) is 4.79 Å².